The average Bonchev–Trinajstić information content (AvgIpc) is 3.15. The fourth-order valence-electron chi connectivity index (χ4n) is 3.52. The molecule has 1 fully saturated rings. The van der Waals surface area contributed by atoms with Crippen molar-refractivity contribution < 1.29 is 19.2 Å². The molecule has 1 amide bonds. The van der Waals surface area contributed by atoms with Gasteiger partial charge in [0.15, 0.2) is 0 Å². The second-order valence-corrected chi connectivity index (χ2v) is 7.31. The number of aryl methyl sites for hydroxylation is 1. The fourth-order valence-corrected chi connectivity index (χ4v) is 3.65. The van der Waals surface area contributed by atoms with E-state index >= 15 is 0 Å². The molecule has 1 aliphatic rings. The van der Waals surface area contributed by atoms with Crippen LogP contribution in [0.25, 0.3) is 11.4 Å². The standard InChI is InChI=1S/C19H22ClN3O4/c1-23(19(18(25)26)11-3-2-4-12-19)16(24)10-9-15-21-17(22-27-15)13-5-7-14(20)8-6-13/h5-8H,2-4,9-12H2,1H3,(H,25,26). The van der Waals surface area contributed by atoms with Crippen LogP contribution in [0.1, 0.15) is 44.4 Å². The third kappa shape index (κ3) is 4.13. The first-order chi connectivity index (χ1) is 12.9. The molecule has 0 bridgehead atoms. The van der Waals surface area contributed by atoms with Crippen molar-refractivity contribution in [2.45, 2.75) is 50.5 Å². The number of carbonyl (C=O) groups is 2. The summed E-state index contributed by atoms with van der Waals surface area (Å²) in [5, 5.41) is 14.2. The molecule has 8 heteroatoms. The molecule has 1 aromatic carbocycles. The number of rotatable bonds is 6. The smallest absolute Gasteiger partial charge is 0.329 e. The molecule has 1 N–H and O–H groups in total. The Labute approximate surface area is 162 Å². The van der Waals surface area contributed by atoms with Crippen LogP contribution in [0.5, 0.6) is 0 Å². The number of benzene rings is 1. The van der Waals surface area contributed by atoms with E-state index in [1.54, 1.807) is 31.3 Å². The van der Waals surface area contributed by atoms with Crippen LogP contribution >= 0.6 is 11.6 Å². The molecule has 0 unspecified atom stereocenters. The molecule has 1 saturated carbocycles. The van der Waals surface area contributed by atoms with Gasteiger partial charge in [0, 0.05) is 30.5 Å². The highest BCUT2D eigenvalue weighted by atomic mass is 35.5. The molecule has 0 saturated heterocycles. The maximum absolute atomic E-state index is 12.6. The number of hydrogen-bond acceptors (Lipinski definition) is 5. The van der Waals surface area contributed by atoms with Gasteiger partial charge in [0.05, 0.1) is 0 Å². The van der Waals surface area contributed by atoms with Gasteiger partial charge in [-0.2, -0.15) is 4.98 Å². The maximum Gasteiger partial charge on any atom is 0.329 e. The summed E-state index contributed by atoms with van der Waals surface area (Å²) < 4.78 is 5.22. The largest absolute Gasteiger partial charge is 0.479 e. The number of aromatic nitrogens is 2. The quantitative estimate of drug-likeness (QED) is 0.808. The van der Waals surface area contributed by atoms with Gasteiger partial charge in [0.2, 0.25) is 17.6 Å². The Morgan fingerprint density at radius 3 is 2.52 bits per heavy atom. The zero-order chi connectivity index (χ0) is 19.4. The average molecular weight is 392 g/mol. The Bertz CT molecular complexity index is 813. The Kier molecular flexibility index (Phi) is 5.79. The molecular formula is C19H22ClN3O4. The van der Waals surface area contributed by atoms with Gasteiger partial charge in [-0.15, -0.1) is 0 Å². The highest BCUT2D eigenvalue weighted by Crippen LogP contribution is 2.33. The van der Waals surface area contributed by atoms with Crippen LogP contribution in [0.4, 0.5) is 0 Å². The second kappa shape index (κ2) is 8.08. The van der Waals surface area contributed by atoms with Crippen molar-refractivity contribution in [2.75, 3.05) is 7.05 Å². The molecule has 0 aliphatic heterocycles. The van der Waals surface area contributed by atoms with E-state index < -0.39 is 11.5 Å². The van der Waals surface area contributed by atoms with E-state index in [0.29, 0.717) is 29.6 Å². The van der Waals surface area contributed by atoms with E-state index in [1.165, 1.54) is 4.90 Å². The highest BCUT2D eigenvalue weighted by Gasteiger charge is 2.45. The molecule has 27 heavy (non-hydrogen) atoms. The fraction of sp³-hybridized carbons (Fsp3) is 0.474. The van der Waals surface area contributed by atoms with Gasteiger partial charge in [0.1, 0.15) is 5.54 Å². The van der Waals surface area contributed by atoms with Gasteiger partial charge >= 0.3 is 5.97 Å². The van der Waals surface area contributed by atoms with E-state index in [4.69, 9.17) is 16.1 Å². The van der Waals surface area contributed by atoms with E-state index in [9.17, 15) is 14.7 Å². The summed E-state index contributed by atoms with van der Waals surface area (Å²) in [6.45, 7) is 0. The number of carboxylic acid groups (broad SMARTS) is 1. The van der Waals surface area contributed by atoms with E-state index in [1.807, 2.05) is 0 Å². The number of likely N-dealkylation sites (N-methyl/N-ethyl adjacent to an activating group) is 1. The predicted molar refractivity (Wildman–Crippen MR) is 99.3 cm³/mol. The van der Waals surface area contributed by atoms with Crippen LogP contribution in [-0.2, 0) is 16.0 Å². The first-order valence-corrected chi connectivity index (χ1v) is 9.39. The Morgan fingerprint density at radius 1 is 1.22 bits per heavy atom. The normalized spacial score (nSPS) is 16.1. The van der Waals surface area contributed by atoms with Crippen molar-refractivity contribution in [1.82, 2.24) is 15.0 Å². The van der Waals surface area contributed by atoms with Gasteiger partial charge in [-0.05, 0) is 37.1 Å². The van der Waals surface area contributed by atoms with Crippen LogP contribution in [0.2, 0.25) is 5.02 Å². The van der Waals surface area contributed by atoms with Crippen molar-refractivity contribution in [3.63, 3.8) is 0 Å². The Hall–Kier alpha value is -2.41. The zero-order valence-corrected chi connectivity index (χ0v) is 15.9. The van der Waals surface area contributed by atoms with E-state index in [2.05, 4.69) is 10.1 Å². The lowest BCUT2D eigenvalue weighted by atomic mass is 9.80. The Morgan fingerprint density at radius 2 is 1.89 bits per heavy atom. The van der Waals surface area contributed by atoms with Crippen LogP contribution in [0, 0.1) is 0 Å². The van der Waals surface area contributed by atoms with Crippen molar-refractivity contribution in [3.05, 3.63) is 35.2 Å². The lowest BCUT2D eigenvalue weighted by Gasteiger charge is -2.41. The summed E-state index contributed by atoms with van der Waals surface area (Å²) in [4.78, 5) is 30.1. The van der Waals surface area contributed by atoms with Crippen LogP contribution in [0.3, 0.4) is 0 Å². The number of amides is 1. The van der Waals surface area contributed by atoms with Crippen molar-refractivity contribution in [1.29, 1.82) is 0 Å². The molecule has 0 spiro atoms. The summed E-state index contributed by atoms with van der Waals surface area (Å²) in [5.41, 5.74) is -0.330. The van der Waals surface area contributed by atoms with Gasteiger partial charge < -0.3 is 14.5 Å². The molecule has 0 atom stereocenters. The van der Waals surface area contributed by atoms with E-state index in [0.717, 1.165) is 24.8 Å². The maximum atomic E-state index is 12.6. The van der Waals surface area contributed by atoms with Gasteiger partial charge in [-0.1, -0.05) is 36.0 Å². The lowest BCUT2D eigenvalue weighted by molar-refractivity contribution is -0.160. The molecule has 2 aromatic rings. The molecule has 3 rings (SSSR count). The second-order valence-electron chi connectivity index (χ2n) is 6.87. The third-order valence-electron chi connectivity index (χ3n) is 5.22. The summed E-state index contributed by atoms with van der Waals surface area (Å²) in [5.74, 6) is -0.391. The molecular weight excluding hydrogens is 370 g/mol. The first kappa shape index (κ1) is 19.4. The zero-order valence-electron chi connectivity index (χ0n) is 15.2. The summed E-state index contributed by atoms with van der Waals surface area (Å²) in [7, 11) is 1.58. The van der Waals surface area contributed by atoms with E-state index in [-0.39, 0.29) is 18.7 Å². The van der Waals surface area contributed by atoms with Gasteiger partial charge in [-0.3, -0.25) is 4.79 Å². The topological polar surface area (TPSA) is 96.5 Å². The minimum absolute atomic E-state index is 0.119. The predicted octanol–water partition coefficient (Wildman–Crippen LogP) is 3.57. The SMILES string of the molecule is CN(C(=O)CCc1nc(-c2ccc(Cl)cc2)no1)C1(C(=O)O)CCCCC1. The summed E-state index contributed by atoms with van der Waals surface area (Å²) >= 11 is 5.87. The highest BCUT2D eigenvalue weighted by molar-refractivity contribution is 6.30. The number of carbonyl (C=O) groups excluding carboxylic acids is 1. The molecule has 1 aliphatic carbocycles. The molecule has 7 nitrogen and oxygen atoms in total. The minimum atomic E-state index is -1.10. The minimum Gasteiger partial charge on any atom is -0.479 e. The molecule has 1 heterocycles. The van der Waals surface area contributed by atoms with Crippen LogP contribution in [0.15, 0.2) is 28.8 Å². The Balaban J connectivity index is 1.63. The lowest BCUT2D eigenvalue weighted by Crippen LogP contribution is -2.56. The number of aliphatic carboxylic acids is 1. The molecule has 1 aromatic heterocycles. The van der Waals surface area contributed by atoms with Crippen molar-refractivity contribution in [2.24, 2.45) is 0 Å². The van der Waals surface area contributed by atoms with Crippen molar-refractivity contribution in [3.8, 4) is 11.4 Å². The van der Waals surface area contributed by atoms with Gasteiger partial charge in [-0.25, -0.2) is 4.79 Å². The monoisotopic (exact) mass is 391 g/mol. The first-order valence-electron chi connectivity index (χ1n) is 9.01. The number of halogens is 1. The number of carboxylic acids is 1. The number of nitrogens with zero attached hydrogens (tertiary/aromatic N) is 3. The van der Waals surface area contributed by atoms with Crippen LogP contribution in [-0.4, -0.2) is 44.6 Å². The van der Waals surface area contributed by atoms with Crippen molar-refractivity contribution >= 4 is 23.5 Å². The molecule has 0 radical (unpaired) electrons. The third-order valence-corrected chi connectivity index (χ3v) is 5.47. The molecule has 144 valence electrons. The van der Waals surface area contributed by atoms with Crippen LogP contribution < -0.4 is 0 Å². The summed E-state index contributed by atoms with van der Waals surface area (Å²) in [6, 6.07) is 7.05. The van der Waals surface area contributed by atoms with Gasteiger partial charge in [0.25, 0.3) is 0 Å². The number of hydrogen-bond donors (Lipinski definition) is 1. The summed E-state index contributed by atoms with van der Waals surface area (Å²) in [6.07, 6.45) is 4.01.